The van der Waals surface area contributed by atoms with E-state index in [4.69, 9.17) is 28.4 Å². The summed E-state index contributed by atoms with van der Waals surface area (Å²) < 4.78 is 38.1. The van der Waals surface area contributed by atoms with Crippen LogP contribution in [-0.2, 0) is 28.4 Å². The van der Waals surface area contributed by atoms with Crippen LogP contribution in [0, 0.1) is 45.3 Å². The van der Waals surface area contributed by atoms with Gasteiger partial charge in [-0.15, -0.1) is 0 Å². The Morgan fingerprint density at radius 1 is 0.682 bits per heavy atom. The van der Waals surface area contributed by atoms with Crippen LogP contribution in [-0.4, -0.2) is 191 Å². The van der Waals surface area contributed by atoms with Gasteiger partial charge in [0.1, 0.15) is 67.1 Å². The molecule has 3 saturated heterocycles. The number of ether oxygens (including phenoxy) is 6. The number of aliphatic hydroxyl groups excluding tert-OH is 12. The topological polar surface area (TPSA) is 298 Å². The summed E-state index contributed by atoms with van der Waals surface area (Å²) in [4.78, 5) is 0. The van der Waals surface area contributed by atoms with Crippen molar-refractivity contribution in [3.05, 3.63) is 11.6 Å². The molecule has 0 aromatic carbocycles. The van der Waals surface area contributed by atoms with Crippen molar-refractivity contribution in [1.29, 1.82) is 0 Å². The molecule has 26 atom stereocenters. The number of aliphatic hydroxyl groups is 12. The second-order valence-electron chi connectivity index (χ2n) is 23.0. The fourth-order valence-electron chi connectivity index (χ4n) is 14.9. The molecule has 12 N–H and O–H groups in total. The van der Waals surface area contributed by atoms with Gasteiger partial charge in [-0.3, -0.25) is 0 Å². The van der Waals surface area contributed by atoms with Gasteiger partial charge in [-0.05, 0) is 124 Å². The average molecular weight is 947 g/mol. The predicted octanol–water partition coefficient (Wildman–Crippen LogP) is -0.0284. The lowest BCUT2D eigenvalue weighted by Crippen LogP contribution is -2.71. The lowest BCUT2D eigenvalue weighted by atomic mass is 9.34. The van der Waals surface area contributed by atoms with Crippen LogP contribution in [0.5, 0.6) is 0 Å². The molecule has 4 saturated carbocycles. The van der Waals surface area contributed by atoms with Crippen molar-refractivity contribution in [1.82, 2.24) is 0 Å². The first-order valence-corrected chi connectivity index (χ1v) is 24.3. The summed E-state index contributed by atoms with van der Waals surface area (Å²) >= 11 is 0. The molecular formula is C48H82O18. The first-order valence-electron chi connectivity index (χ1n) is 24.3. The van der Waals surface area contributed by atoms with Gasteiger partial charge in [0, 0.05) is 0 Å². The molecule has 0 aromatic heterocycles. The summed E-state index contributed by atoms with van der Waals surface area (Å²) in [5.74, 6) is -1.12. The van der Waals surface area contributed by atoms with Crippen LogP contribution >= 0.6 is 0 Å². The standard InChI is InChI=1S/C48H82O18/c1-21(2)11-10-14-48(9,66-42-38(60)35(57)32(54)26(19-49)63-42)23-12-16-46(7)30(23)24(51)17-28-45(6)15-13-29(52)44(4,5)40(45)25(18-47(28,46)8)62-43-39(36(58)33(55)27(20-50)64-43)65-41-37(59)34(56)31(53)22(3)61-41/h11,22-43,49-60H,10,12-20H2,1-9H3/t22-,23+,24-,25-,26+,27+,28+,29-,30-,31-,32+,33+,34+,35-,36-,37+,38+,39+,40-,41-,42-,43+,45+,46+,47+,48-/m0/s1. The second-order valence-corrected chi connectivity index (χ2v) is 23.0. The third kappa shape index (κ3) is 8.69. The average Bonchev–Trinajstić information content (AvgIpc) is 3.64. The first kappa shape index (κ1) is 52.8. The van der Waals surface area contributed by atoms with E-state index in [1.54, 1.807) is 0 Å². The van der Waals surface area contributed by atoms with E-state index in [2.05, 4.69) is 26.8 Å². The fraction of sp³-hybridized carbons (Fsp3) is 0.958. The minimum Gasteiger partial charge on any atom is -0.394 e. The van der Waals surface area contributed by atoms with E-state index in [9.17, 15) is 61.3 Å². The molecule has 0 radical (unpaired) electrons. The van der Waals surface area contributed by atoms with Gasteiger partial charge < -0.3 is 89.7 Å². The Labute approximate surface area is 388 Å². The molecule has 3 heterocycles. The highest BCUT2D eigenvalue weighted by atomic mass is 16.8. The van der Waals surface area contributed by atoms with Gasteiger partial charge in [-0.2, -0.15) is 0 Å². The van der Waals surface area contributed by atoms with Crippen LogP contribution in [0.3, 0.4) is 0 Å². The summed E-state index contributed by atoms with van der Waals surface area (Å²) in [6.07, 6.45) is -18.3. The smallest absolute Gasteiger partial charge is 0.187 e. The van der Waals surface area contributed by atoms with Gasteiger partial charge in [0.2, 0.25) is 0 Å². The normalized spacial score (nSPS) is 53.5. The van der Waals surface area contributed by atoms with Crippen LogP contribution in [0.2, 0.25) is 0 Å². The van der Waals surface area contributed by atoms with Crippen LogP contribution in [0.4, 0.5) is 0 Å². The van der Waals surface area contributed by atoms with E-state index in [0.717, 1.165) is 5.57 Å². The monoisotopic (exact) mass is 947 g/mol. The van der Waals surface area contributed by atoms with Crippen molar-refractivity contribution < 1.29 is 89.7 Å². The molecule has 0 unspecified atom stereocenters. The number of allylic oxidation sites excluding steroid dienone is 2. The number of hydrogen-bond donors (Lipinski definition) is 12. The van der Waals surface area contributed by atoms with Crippen molar-refractivity contribution in [2.75, 3.05) is 13.2 Å². The molecule has 18 heteroatoms. The van der Waals surface area contributed by atoms with Gasteiger partial charge in [0.05, 0.1) is 43.2 Å². The lowest BCUT2D eigenvalue weighted by molar-refractivity contribution is -0.382. The van der Waals surface area contributed by atoms with Crippen LogP contribution < -0.4 is 0 Å². The Hall–Kier alpha value is -0.980. The molecule has 4 aliphatic carbocycles. The molecule has 7 fully saturated rings. The number of hydrogen-bond acceptors (Lipinski definition) is 18. The van der Waals surface area contributed by atoms with Gasteiger partial charge in [-0.25, -0.2) is 0 Å². The maximum absolute atomic E-state index is 12.7. The van der Waals surface area contributed by atoms with Gasteiger partial charge in [0.25, 0.3) is 0 Å². The zero-order chi connectivity index (χ0) is 48.8. The Morgan fingerprint density at radius 2 is 1.27 bits per heavy atom. The minimum absolute atomic E-state index is 0.0861. The maximum atomic E-state index is 12.7. The summed E-state index contributed by atoms with van der Waals surface area (Å²) in [6, 6.07) is 0. The third-order valence-corrected chi connectivity index (χ3v) is 18.7. The highest BCUT2D eigenvalue weighted by molar-refractivity contribution is 5.22. The Morgan fingerprint density at radius 3 is 1.89 bits per heavy atom. The van der Waals surface area contributed by atoms with Crippen molar-refractivity contribution >= 4 is 0 Å². The molecule has 3 aliphatic heterocycles. The van der Waals surface area contributed by atoms with E-state index >= 15 is 0 Å². The van der Waals surface area contributed by atoms with Gasteiger partial charge in [-0.1, -0.05) is 46.3 Å². The molecule has 7 rings (SSSR count). The summed E-state index contributed by atoms with van der Waals surface area (Å²) in [5.41, 5.74) is -2.43. The fourth-order valence-corrected chi connectivity index (χ4v) is 14.9. The molecular weight excluding hydrogens is 865 g/mol. The second kappa shape index (κ2) is 19.2. The van der Waals surface area contributed by atoms with Crippen molar-refractivity contribution in [2.24, 2.45) is 45.3 Å². The van der Waals surface area contributed by atoms with E-state index in [1.807, 2.05) is 34.6 Å². The molecule has 0 bridgehead atoms. The Kier molecular flexibility index (Phi) is 15.4. The Bertz CT molecular complexity index is 1700. The quantitative estimate of drug-likeness (QED) is 0.0904. The highest BCUT2D eigenvalue weighted by Crippen LogP contribution is 2.76. The Balaban J connectivity index is 1.27. The molecule has 66 heavy (non-hydrogen) atoms. The van der Waals surface area contributed by atoms with Crippen molar-refractivity contribution in [2.45, 2.75) is 230 Å². The summed E-state index contributed by atoms with van der Waals surface area (Å²) in [5, 5.41) is 132. The molecule has 7 aliphatic rings. The summed E-state index contributed by atoms with van der Waals surface area (Å²) in [6.45, 7) is 16.8. The molecule has 0 aromatic rings. The number of fused-ring (bicyclic) bond motifs is 5. The minimum atomic E-state index is -1.75. The van der Waals surface area contributed by atoms with E-state index in [0.29, 0.717) is 51.4 Å². The zero-order valence-electron chi connectivity index (χ0n) is 40.2. The van der Waals surface area contributed by atoms with Crippen LogP contribution in [0.25, 0.3) is 0 Å². The molecule has 382 valence electrons. The SMILES string of the molecule is CC(C)=CCC[C@](C)(O[C@@H]1O[C@H](CO)[C@@H](O)[C@H](O)[C@H]1O)[C@@H]1CC[C@]2(C)[C@@H]1[C@@H](O)C[C@@H]1[C@@]3(C)CC[C@H](O)C(C)(C)[C@@H]3[C@@H](O[C@@H]3O[C@H](CO)[C@@H](O)[C@H](O)[C@H]3O[C@@H]3O[C@@H](C)[C@H](O)[C@@H](O)[C@H]3O)C[C@]12C. The van der Waals surface area contributed by atoms with E-state index in [-0.39, 0.29) is 23.7 Å². The third-order valence-electron chi connectivity index (χ3n) is 18.7. The van der Waals surface area contributed by atoms with E-state index in [1.165, 1.54) is 6.92 Å². The van der Waals surface area contributed by atoms with Gasteiger partial charge >= 0.3 is 0 Å². The largest absolute Gasteiger partial charge is 0.394 e. The van der Waals surface area contributed by atoms with Crippen LogP contribution in [0.1, 0.15) is 114 Å². The molecule has 0 amide bonds. The zero-order valence-corrected chi connectivity index (χ0v) is 40.2. The molecule has 18 nitrogen and oxygen atoms in total. The lowest BCUT2D eigenvalue weighted by Gasteiger charge is -2.72. The van der Waals surface area contributed by atoms with Crippen LogP contribution in [0.15, 0.2) is 11.6 Å². The van der Waals surface area contributed by atoms with Crippen molar-refractivity contribution in [3.8, 4) is 0 Å². The first-order chi connectivity index (χ1) is 30.7. The predicted molar refractivity (Wildman–Crippen MR) is 234 cm³/mol. The van der Waals surface area contributed by atoms with E-state index < -0.39 is 151 Å². The highest BCUT2D eigenvalue weighted by Gasteiger charge is 2.74. The summed E-state index contributed by atoms with van der Waals surface area (Å²) in [7, 11) is 0. The molecule has 0 spiro atoms. The van der Waals surface area contributed by atoms with Gasteiger partial charge in [0.15, 0.2) is 18.9 Å². The number of rotatable bonds is 12. The maximum Gasteiger partial charge on any atom is 0.187 e. The van der Waals surface area contributed by atoms with Crippen molar-refractivity contribution in [3.63, 3.8) is 0 Å².